The highest BCUT2D eigenvalue weighted by molar-refractivity contribution is 14.0. The first-order valence-corrected chi connectivity index (χ1v) is 8.87. The topological polar surface area (TPSA) is 63.5 Å². The number of aromatic nitrogens is 2. The summed E-state index contributed by atoms with van der Waals surface area (Å²) in [7, 11) is 0. The Morgan fingerprint density at radius 3 is 2.62 bits per heavy atom. The molecule has 0 saturated heterocycles. The molecule has 0 unspecified atom stereocenters. The van der Waals surface area contributed by atoms with Crippen molar-refractivity contribution >= 4 is 29.9 Å². The highest BCUT2D eigenvalue weighted by Crippen LogP contribution is 2.17. The zero-order valence-corrected chi connectivity index (χ0v) is 18.4. The molecule has 0 amide bonds. The van der Waals surface area contributed by atoms with E-state index in [0.717, 1.165) is 48.3 Å². The predicted molar refractivity (Wildman–Crippen MR) is 118 cm³/mol. The van der Waals surface area contributed by atoms with Gasteiger partial charge in [-0.25, -0.2) is 9.67 Å². The van der Waals surface area contributed by atoms with Crippen LogP contribution in [0.3, 0.4) is 0 Å². The van der Waals surface area contributed by atoms with Crippen molar-refractivity contribution in [3.63, 3.8) is 0 Å². The van der Waals surface area contributed by atoms with Crippen molar-refractivity contribution in [2.75, 3.05) is 26.3 Å². The molecule has 2 rings (SSSR count). The fraction of sp³-hybridized carbons (Fsp3) is 0.474. The summed E-state index contributed by atoms with van der Waals surface area (Å²) in [5.74, 6) is 0.797. The smallest absolute Gasteiger partial charge is 0.191 e. The number of hydrogen-bond donors (Lipinski definition) is 2. The number of benzene rings is 1. The summed E-state index contributed by atoms with van der Waals surface area (Å²) in [5.41, 5.74) is 4.34. The van der Waals surface area contributed by atoms with Gasteiger partial charge in [-0.05, 0) is 45.4 Å². The van der Waals surface area contributed by atoms with Crippen LogP contribution >= 0.6 is 24.0 Å². The van der Waals surface area contributed by atoms with Crippen LogP contribution in [0.15, 0.2) is 35.3 Å². The Kier molecular flexibility index (Phi) is 10.3. The van der Waals surface area contributed by atoms with Crippen molar-refractivity contribution in [3.05, 3.63) is 47.3 Å². The van der Waals surface area contributed by atoms with Crippen molar-refractivity contribution in [1.82, 2.24) is 20.4 Å². The van der Waals surface area contributed by atoms with Crippen molar-refractivity contribution < 1.29 is 4.74 Å². The second-order valence-corrected chi connectivity index (χ2v) is 5.79. The molecule has 0 atom stereocenters. The van der Waals surface area contributed by atoms with E-state index in [4.69, 9.17) is 9.73 Å². The molecule has 144 valence electrons. The van der Waals surface area contributed by atoms with Gasteiger partial charge in [0.1, 0.15) is 0 Å². The van der Waals surface area contributed by atoms with Gasteiger partial charge in [0.25, 0.3) is 0 Å². The predicted octanol–water partition coefficient (Wildman–Crippen LogP) is 3.20. The second kappa shape index (κ2) is 11.9. The monoisotopic (exact) mass is 471 g/mol. The number of nitrogens with zero attached hydrogens (tertiary/aromatic N) is 3. The van der Waals surface area contributed by atoms with Gasteiger partial charge in [0.15, 0.2) is 5.96 Å². The number of guanidine groups is 1. The minimum absolute atomic E-state index is 0. The summed E-state index contributed by atoms with van der Waals surface area (Å²) in [6.45, 7) is 11.7. The molecular weight excluding hydrogens is 441 g/mol. The average molecular weight is 471 g/mol. The van der Waals surface area contributed by atoms with E-state index in [0.29, 0.717) is 13.2 Å². The number of rotatable bonds is 8. The molecule has 1 aromatic heterocycles. The number of aryl methyl sites for hydroxylation is 2. The maximum Gasteiger partial charge on any atom is 0.191 e. The Hall–Kier alpha value is -1.61. The molecule has 2 N–H and O–H groups in total. The van der Waals surface area contributed by atoms with Crippen LogP contribution in [0.2, 0.25) is 0 Å². The summed E-state index contributed by atoms with van der Waals surface area (Å²) in [6, 6.07) is 10.3. The van der Waals surface area contributed by atoms with E-state index in [2.05, 4.69) is 47.8 Å². The lowest BCUT2D eigenvalue weighted by Crippen LogP contribution is -2.39. The third-order valence-electron chi connectivity index (χ3n) is 3.72. The van der Waals surface area contributed by atoms with Gasteiger partial charge in [0.2, 0.25) is 0 Å². The fourth-order valence-electron chi connectivity index (χ4n) is 2.62. The minimum atomic E-state index is 0. The number of para-hydroxylation sites is 1. The quantitative estimate of drug-likeness (QED) is 0.269. The van der Waals surface area contributed by atoms with Gasteiger partial charge in [0, 0.05) is 25.4 Å². The maximum atomic E-state index is 5.36. The van der Waals surface area contributed by atoms with E-state index in [1.54, 1.807) is 0 Å². The zero-order valence-electron chi connectivity index (χ0n) is 16.1. The van der Waals surface area contributed by atoms with E-state index < -0.39 is 0 Å². The van der Waals surface area contributed by atoms with Crippen LogP contribution in [0.5, 0.6) is 0 Å². The van der Waals surface area contributed by atoms with Crippen LogP contribution < -0.4 is 10.6 Å². The number of hydrogen-bond acceptors (Lipinski definition) is 3. The van der Waals surface area contributed by atoms with E-state index >= 15 is 0 Å². The van der Waals surface area contributed by atoms with Crippen molar-refractivity contribution in [2.45, 2.75) is 34.2 Å². The normalized spacial score (nSPS) is 11.2. The van der Waals surface area contributed by atoms with Crippen LogP contribution in [-0.2, 0) is 11.3 Å². The Morgan fingerprint density at radius 2 is 1.96 bits per heavy atom. The first-order chi connectivity index (χ1) is 12.2. The van der Waals surface area contributed by atoms with E-state index in [1.807, 2.05) is 30.7 Å². The molecule has 0 spiro atoms. The number of nitrogens with one attached hydrogen (secondary N) is 2. The fourth-order valence-corrected chi connectivity index (χ4v) is 2.62. The molecule has 0 fully saturated rings. The molecule has 26 heavy (non-hydrogen) atoms. The van der Waals surface area contributed by atoms with Crippen LogP contribution in [0, 0.1) is 13.8 Å². The highest BCUT2D eigenvalue weighted by atomic mass is 127. The van der Waals surface area contributed by atoms with Crippen LogP contribution in [0.25, 0.3) is 5.69 Å². The molecule has 0 aliphatic heterocycles. The average Bonchev–Trinajstić information content (AvgIpc) is 2.95. The van der Waals surface area contributed by atoms with Gasteiger partial charge in [-0.3, -0.25) is 0 Å². The summed E-state index contributed by atoms with van der Waals surface area (Å²) in [5, 5.41) is 11.2. The third-order valence-corrected chi connectivity index (χ3v) is 3.72. The Morgan fingerprint density at radius 1 is 1.19 bits per heavy atom. The molecule has 6 nitrogen and oxygen atoms in total. The Bertz CT molecular complexity index is 699. The lowest BCUT2D eigenvalue weighted by molar-refractivity contribution is 0.152. The SMILES string of the molecule is CCNC(=NCc1ccccc1-n1nc(C)cc1C)NCCOCC.I. The summed E-state index contributed by atoms with van der Waals surface area (Å²) < 4.78 is 7.34. The Labute approximate surface area is 173 Å². The van der Waals surface area contributed by atoms with Gasteiger partial charge in [0.05, 0.1) is 24.5 Å². The van der Waals surface area contributed by atoms with Crippen molar-refractivity contribution in [1.29, 1.82) is 0 Å². The third kappa shape index (κ3) is 6.60. The molecule has 0 radical (unpaired) electrons. The zero-order chi connectivity index (χ0) is 18.1. The molecule has 0 bridgehead atoms. The lowest BCUT2D eigenvalue weighted by atomic mass is 10.2. The molecule has 0 saturated carbocycles. The van der Waals surface area contributed by atoms with Gasteiger partial charge >= 0.3 is 0 Å². The summed E-state index contributed by atoms with van der Waals surface area (Å²) in [6.07, 6.45) is 0. The molecule has 1 aromatic carbocycles. The second-order valence-electron chi connectivity index (χ2n) is 5.79. The first kappa shape index (κ1) is 22.4. The minimum Gasteiger partial charge on any atom is -0.380 e. The molecule has 7 heteroatoms. The van der Waals surface area contributed by atoms with E-state index in [-0.39, 0.29) is 24.0 Å². The molecule has 0 aliphatic rings. The van der Waals surface area contributed by atoms with E-state index in [1.165, 1.54) is 0 Å². The molecular formula is C19H30IN5O. The van der Waals surface area contributed by atoms with Crippen molar-refractivity contribution in [3.8, 4) is 5.69 Å². The standard InChI is InChI=1S/C19H29N5O.HI/c1-5-20-19(21-11-12-25-6-2)22-14-17-9-7-8-10-18(17)24-16(4)13-15(3)23-24;/h7-10,13H,5-6,11-12,14H2,1-4H3,(H2,20,21,22);1H. The number of ether oxygens (including phenoxy) is 1. The van der Waals surface area contributed by atoms with Gasteiger partial charge < -0.3 is 15.4 Å². The van der Waals surface area contributed by atoms with Gasteiger partial charge in [-0.2, -0.15) is 5.10 Å². The number of halogens is 1. The van der Waals surface area contributed by atoms with Crippen LogP contribution in [0.1, 0.15) is 30.8 Å². The first-order valence-electron chi connectivity index (χ1n) is 8.87. The van der Waals surface area contributed by atoms with Crippen LogP contribution in [-0.4, -0.2) is 42.0 Å². The number of aliphatic imine (C=N–C) groups is 1. The Balaban J connectivity index is 0.00000338. The maximum absolute atomic E-state index is 5.36. The molecule has 2 aromatic rings. The van der Waals surface area contributed by atoms with Crippen molar-refractivity contribution in [2.24, 2.45) is 4.99 Å². The van der Waals surface area contributed by atoms with Gasteiger partial charge in [-0.15, -0.1) is 24.0 Å². The van der Waals surface area contributed by atoms with E-state index in [9.17, 15) is 0 Å². The lowest BCUT2D eigenvalue weighted by Gasteiger charge is -2.13. The largest absolute Gasteiger partial charge is 0.380 e. The highest BCUT2D eigenvalue weighted by Gasteiger charge is 2.08. The van der Waals surface area contributed by atoms with Gasteiger partial charge in [-0.1, -0.05) is 18.2 Å². The molecule has 0 aliphatic carbocycles. The summed E-state index contributed by atoms with van der Waals surface area (Å²) in [4.78, 5) is 4.70. The summed E-state index contributed by atoms with van der Waals surface area (Å²) >= 11 is 0. The molecule has 1 heterocycles. The van der Waals surface area contributed by atoms with Crippen LogP contribution in [0.4, 0.5) is 0 Å².